The first-order valence-corrected chi connectivity index (χ1v) is 5.99. The fourth-order valence-corrected chi connectivity index (χ4v) is 1.91. The molecule has 1 aliphatic carbocycles. The molecule has 0 atom stereocenters. The van der Waals surface area contributed by atoms with Crippen LogP contribution in [0.2, 0.25) is 0 Å². The Labute approximate surface area is 99.7 Å². The molecular formula is C11H16N6. The van der Waals surface area contributed by atoms with Crippen LogP contribution in [-0.4, -0.2) is 31.1 Å². The minimum absolute atomic E-state index is 0.699. The lowest BCUT2D eigenvalue weighted by Gasteiger charge is -2.07. The summed E-state index contributed by atoms with van der Waals surface area (Å²) in [7, 11) is 0. The first kappa shape index (κ1) is 10.5. The third kappa shape index (κ3) is 2.52. The molecule has 1 saturated carbocycles. The van der Waals surface area contributed by atoms with Crippen molar-refractivity contribution in [2.75, 3.05) is 6.54 Å². The summed E-state index contributed by atoms with van der Waals surface area (Å²) in [5.74, 6) is 0. The fraction of sp³-hybridized carbons (Fsp3) is 0.545. The Balaban J connectivity index is 1.46. The van der Waals surface area contributed by atoms with Gasteiger partial charge in [-0.1, -0.05) is 5.21 Å². The van der Waals surface area contributed by atoms with Crippen molar-refractivity contribution in [3.63, 3.8) is 0 Å². The van der Waals surface area contributed by atoms with Gasteiger partial charge < -0.3 is 9.88 Å². The van der Waals surface area contributed by atoms with Crippen LogP contribution in [0.1, 0.15) is 24.6 Å². The maximum absolute atomic E-state index is 4.21. The monoisotopic (exact) mass is 232 g/mol. The lowest BCUT2D eigenvalue weighted by atomic mass is 10.4. The Morgan fingerprint density at radius 2 is 2.35 bits per heavy atom. The van der Waals surface area contributed by atoms with Crippen LogP contribution in [0.15, 0.2) is 24.9 Å². The second-order valence-electron chi connectivity index (χ2n) is 4.37. The van der Waals surface area contributed by atoms with E-state index in [-0.39, 0.29) is 0 Å². The summed E-state index contributed by atoms with van der Waals surface area (Å²) in [5.41, 5.74) is 1.27. The van der Waals surface area contributed by atoms with E-state index in [0.29, 0.717) is 6.04 Å². The Bertz CT molecular complexity index is 456. The van der Waals surface area contributed by atoms with Gasteiger partial charge in [-0.25, -0.2) is 4.98 Å². The number of hydrogen-bond acceptors (Lipinski definition) is 4. The highest BCUT2D eigenvalue weighted by Crippen LogP contribution is 2.35. The van der Waals surface area contributed by atoms with Gasteiger partial charge in [-0.15, -0.1) is 5.10 Å². The van der Waals surface area contributed by atoms with Gasteiger partial charge in [0.15, 0.2) is 0 Å². The molecule has 0 aliphatic heterocycles. The van der Waals surface area contributed by atoms with Crippen LogP contribution in [-0.2, 0) is 13.1 Å². The number of hydrogen-bond donors (Lipinski definition) is 1. The van der Waals surface area contributed by atoms with E-state index in [1.54, 1.807) is 6.20 Å². The maximum Gasteiger partial charge on any atom is 0.0951 e. The van der Waals surface area contributed by atoms with E-state index in [1.807, 2.05) is 23.4 Å². The molecule has 0 spiro atoms. The SMILES string of the molecule is c1cn(CCNCc2cncn2C2CC2)nn1. The summed E-state index contributed by atoms with van der Waals surface area (Å²) in [6, 6.07) is 0.699. The third-order valence-electron chi connectivity index (χ3n) is 2.98. The molecule has 1 fully saturated rings. The molecule has 0 unspecified atom stereocenters. The van der Waals surface area contributed by atoms with Crippen molar-refractivity contribution in [2.45, 2.75) is 32.0 Å². The van der Waals surface area contributed by atoms with Crippen LogP contribution in [0.5, 0.6) is 0 Å². The van der Waals surface area contributed by atoms with Crippen LogP contribution < -0.4 is 5.32 Å². The van der Waals surface area contributed by atoms with Crippen molar-refractivity contribution in [2.24, 2.45) is 0 Å². The molecule has 2 aromatic heterocycles. The Morgan fingerprint density at radius 3 is 3.12 bits per heavy atom. The van der Waals surface area contributed by atoms with Crippen LogP contribution in [0.3, 0.4) is 0 Å². The average Bonchev–Trinajstić information content (AvgIpc) is 2.89. The Hall–Kier alpha value is -1.69. The minimum Gasteiger partial charge on any atom is -0.330 e. The molecule has 0 bridgehead atoms. The van der Waals surface area contributed by atoms with Gasteiger partial charge in [0.1, 0.15) is 0 Å². The molecule has 90 valence electrons. The van der Waals surface area contributed by atoms with Crippen molar-refractivity contribution in [1.29, 1.82) is 0 Å². The van der Waals surface area contributed by atoms with E-state index in [4.69, 9.17) is 0 Å². The molecule has 6 nitrogen and oxygen atoms in total. The molecule has 1 N–H and O–H groups in total. The van der Waals surface area contributed by atoms with E-state index in [9.17, 15) is 0 Å². The Morgan fingerprint density at radius 1 is 1.41 bits per heavy atom. The number of rotatable bonds is 6. The Kier molecular flexibility index (Phi) is 2.87. The van der Waals surface area contributed by atoms with Gasteiger partial charge in [-0.05, 0) is 12.8 Å². The van der Waals surface area contributed by atoms with E-state index >= 15 is 0 Å². The number of nitrogens with zero attached hydrogens (tertiary/aromatic N) is 5. The molecule has 17 heavy (non-hydrogen) atoms. The van der Waals surface area contributed by atoms with Crippen molar-refractivity contribution < 1.29 is 0 Å². The predicted octanol–water partition coefficient (Wildman–Crippen LogP) is 0.599. The topological polar surface area (TPSA) is 60.6 Å². The highest BCUT2D eigenvalue weighted by Gasteiger charge is 2.24. The smallest absolute Gasteiger partial charge is 0.0951 e. The van der Waals surface area contributed by atoms with E-state index < -0.39 is 0 Å². The molecule has 0 amide bonds. The van der Waals surface area contributed by atoms with Crippen molar-refractivity contribution in [3.05, 3.63) is 30.6 Å². The molecule has 1 aliphatic rings. The lowest BCUT2D eigenvalue weighted by molar-refractivity contribution is 0.529. The molecule has 0 aromatic carbocycles. The second-order valence-corrected chi connectivity index (χ2v) is 4.37. The van der Waals surface area contributed by atoms with Crippen molar-refractivity contribution >= 4 is 0 Å². The first-order valence-electron chi connectivity index (χ1n) is 5.99. The standard InChI is InChI=1S/C11H16N6/c1-2-10(1)17-9-13-8-11(17)7-12-3-5-16-6-4-14-15-16/h4,6,8-10,12H,1-3,5,7H2. The quantitative estimate of drug-likeness (QED) is 0.741. The maximum atomic E-state index is 4.21. The summed E-state index contributed by atoms with van der Waals surface area (Å²) in [6.07, 6.45) is 10.0. The van der Waals surface area contributed by atoms with Gasteiger partial charge in [0, 0.05) is 31.5 Å². The zero-order valence-corrected chi connectivity index (χ0v) is 9.66. The molecule has 0 radical (unpaired) electrons. The molecule has 3 rings (SSSR count). The summed E-state index contributed by atoms with van der Waals surface area (Å²) >= 11 is 0. The normalized spacial score (nSPS) is 15.3. The van der Waals surface area contributed by atoms with E-state index in [2.05, 4.69) is 25.2 Å². The molecular weight excluding hydrogens is 216 g/mol. The molecule has 6 heteroatoms. The largest absolute Gasteiger partial charge is 0.330 e. The summed E-state index contributed by atoms with van der Waals surface area (Å²) in [5, 5.41) is 11.1. The summed E-state index contributed by atoms with van der Waals surface area (Å²) in [4.78, 5) is 4.21. The van der Waals surface area contributed by atoms with Crippen molar-refractivity contribution in [1.82, 2.24) is 29.9 Å². The number of aromatic nitrogens is 5. The molecule has 2 aromatic rings. The average molecular weight is 232 g/mol. The molecule has 2 heterocycles. The van der Waals surface area contributed by atoms with Crippen molar-refractivity contribution in [3.8, 4) is 0 Å². The first-order chi connectivity index (χ1) is 8.43. The van der Waals surface area contributed by atoms with Crippen LogP contribution in [0.25, 0.3) is 0 Å². The van der Waals surface area contributed by atoms with Gasteiger partial charge in [0.25, 0.3) is 0 Å². The van der Waals surface area contributed by atoms with Gasteiger partial charge >= 0.3 is 0 Å². The van der Waals surface area contributed by atoms with E-state index in [1.165, 1.54) is 18.5 Å². The van der Waals surface area contributed by atoms with Crippen LogP contribution in [0.4, 0.5) is 0 Å². The lowest BCUT2D eigenvalue weighted by Crippen LogP contribution is -2.21. The summed E-state index contributed by atoms with van der Waals surface area (Å²) < 4.78 is 4.10. The van der Waals surface area contributed by atoms with Gasteiger partial charge in [0.05, 0.1) is 24.8 Å². The van der Waals surface area contributed by atoms with E-state index in [0.717, 1.165) is 19.6 Å². The fourth-order valence-electron chi connectivity index (χ4n) is 1.91. The highest BCUT2D eigenvalue weighted by molar-refractivity contribution is 5.03. The third-order valence-corrected chi connectivity index (χ3v) is 2.98. The highest BCUT2D eigenvalue weighted by atomic mass is 15.4. The zero-order chi connectivity index (χ0) is 11.5. The number of imidazole rings is 1. The number of nitrogens with one attached hydrogen (secondary N) is 1. The van der Waals surface area contributed by atoms with Crippen LogP contribution in [0, 0.1) is 0 Å². The predicted molar refractivity (Wildman–Crippen MR) is 62.2 cm³/mol. The summed E-state index contributed by atoms with van der Waals surface area (Å²) in [6.45, 7) is 2.60. The van der Waals surface area contributed by atoms with Gasteiger partial charge in [0.2, 0.25) is 0 Å². The van der Waals surface area contributed by atoms with Gasteiger partial charge in [-0.3, -0.25) is 4.68 Å². The van der Waals surface area contributed by atoms with Gasteiger partial charge in [-0.2, -0.15) is 0 Å². The second kappa shape index (κ2) is 4.67. The molecule has 0 saturated heterocycles. The van der Waals surface area contributed by atoms with Crippen LogP contribution >= 0.6 is 0 Å². The minimum atomic E-state index is 0.699. The zero-order valence-electron chi connectivity index (χ0n) is 9.66.